The molecule has 1 aromatic heterocycles. The lowest BCUT2D eigenvalue weighted by Crippen LogP contribution is -2.62. The van der Waals surface area contributed by atoms with Gasteiger partial charge in [0, 0.05) is 30.0 Å². The number of nitrogens with zero attached hydrogens (tertiary/aromatic N) is 4. The molecule has 0 radical (unpaired) electrons. The molecule has 0 amide bonds. The number of phenols is 1. The number of aromatic hydroxyl groups is 1. The number of unbranched alkanes of at least 4 members (excludes halogenated alkanes) is 5. The zero-order valence-electron chi connectivity index (χ0n) is 24.6. The summed E-state index contributed by atoms with van der Waals surface area (Å²) >= 11 is 0. The van der Waals surface area contributed by atoms with Gasteiger partial charge < -0.3 is 14.6 Å². The molecule has 2 aromatic carbocycles. The molecule has 4 rings (SSSR count). The van der Waals surface area contributed by atoms with Crippen molar-refractivity contribution in [2.75, 3.05) is 13.2 Å². The summed E-state index contributed by atoms with van der Waals surface area (Å²) < 4.78 is 11.5. The molecule has 1 saturated heterocycles. The van der Waals surface area contributed by atoms with Gasteiger partial charge in [0.25, 0.3) is 0 Å². The van der Waals surface area contributed by atoms with Crippen LogP contribution in [0.4, 0.5) is 0 Å². The zero-order valence-corrected chi connectivity index (χ0v) is 24.6. The van der Waals surface area contributed by atoms with Gasteiger partial charge in [-0.15, -0.1) is 15.0 Å². The number of esters is 1. The van der Waals surface area contributed by atoms with Crippen LogP contribution in [0.15, 0.2) is 42.5 Å². The van der Waals surface area contributed by atoms with Gasteiger partial charge in [-0.2, -0.15) is 5.06 Å². The maximum atomic E-state index is 12.7. The summed E-state index contributed by atoms with van der Waals surface area (Å²) in [7, 11) is 0. The largest absolute Gasteiger partial charge is 0.505 e. The average molecular weight is 553 g/mol. The van der Waals surface area contributed by atoms with Crippen LogP contribution in [0.3, 0.4) is 0 Å². The Kier molecular flexibility index (Phi) is 9.68. The van der Waals surface area contributed by atoms with E-state index in [4.69, 9.17) is 14.3 Å². The van der Waals surface area contributed by atoms with Crippen LogP contribution < -0.4 is 4.74 Å². The maximum absolute atomic E-state index is 12.7. The van der Waals surface area contributed by atoms with Crippen LogP contribution in [0, 0.1) is 0 Å². The van der Waals surface area contributed by atoms with Crippen molar-refractivity contribution in [2.24, 2.45) is 0 Å². The Morgan fingerprint density at radius 1 is 0.950 bits per heavy atom. The molecule has 1 aliphatic heterocycles. The third-order valence-electron chi connectivity index (χ3n) is 7.38. The number of hydrogen-bond donors (Lipinski definition) is 1. The second-order valence-corrected chi connectivity index (χ2v) is 12.0. The number of rotatable bonds is 13. The Bertz CT molecular complexity index is 1220. The normalized spacial score (nSPS) is 17.2. The van der Waals surface area contributed by atoms with E-state index in [2.05, 4.69) is 49.9 Å². The lowest BCUT2D eigenvalue weighted by molar-refractivity contribution is -0.293. The van der Waals surface area contributed by atoms with Crippen LogP contribution in [-0.4, -0.2) is 61.5 Å². The standard InChI is InChI=1S/C31H44N4O5/c1-6-7-8-9-10-13-18-39-35-30(2,3)20-24(21-31(35,4)5)40-29(37)22-38-23-16-17-27(28(36)19-23)34-32-25-14-11-12-15-26(25)33-34/h11-12,14-17,19,24,36H,6-10,13,18,20-22H2,1-5H3. The predicted octanol–water partition coefficient (Wildman–Crippen LogP) is 6.36. The molecule has 0 unspecified atom stereocenters. The average Bonchev–Trinajstić information content (AvgIpc) is 3.31. The van der Waals surface area contributed by atoms with E-state index in [1.807, 2.05) is 24.3 Å². The number of phenolic OH excluding ortho intramolecular Hbond substituents is 1. The summed E-state index contributed by atoms with van der Waals surface area (Å²) in [6.07, 6.45) is 8.43. The minimum Gasteiger partial charge on any atom is -0.505 e. The van der Waals surface area contributed by atoms with Crippen LogP contribution in [0.2, 0.25) is 0 Å². The number of carbonyl (C=O) groups is 1. The van der Waals surface area contributed by atoms with Gasteiger partial charge in [-0.05, 0) is 58.4 Å². The van der Waals surface area contributed by atoms with E-state index in [-0.39, 0.29) is 29.5 Å². The summed E-state index contributed by atoms with van der Waals surface area (Å²) in [4.78, 5) is 20.4. The second-order valence-electron chi connectivity index (χ2n) is 12.0. The topological polar surface area (TPSA) is 98.9 Å². The van der Waals surface area contributed by atoms with Gasteiger partial charge >= 0.3 is 5.97 Å². The molecule has 40 heavy (non-hydrogen) atoms. The Balaban J connectivity index is 1.26. The fourth-order valence-corrected chi connectivity index (χ4v) is 5.73. The molecule has 0 bridgehead atoms. The lowest BCUT2D eigenvalue weighted by Gasteiger charge is -2.53. The summed E-state index contributed by atoms with van der Waals surface area (Å²) in [5.74, 6) is -0.141. The number of piperidine rings is 1. The molecule has 9 nitrogen and oxygen atoms in total. The molecule has 0 spiro atoms. The highest BCUT2D eigenvalue weighted by molar-refractivity contribution is 5.74. The molecule has 2 heterocycles. The minimum absolute atomic E-state index is 0.0528. The SMILES string of the molecule is CCCCCCCCON1C(C)(C)CC(OC(=O)COc2ccc(-n3nc4ccccc4n3)c(O)c2)CC1(C)C. The first kappa shape index (κ1) is 29.8. The van der Waals surface area contributed by atoms with E-state index in [0.29, 0.717) is 30.9 Å². The summed E-state index contributed by atoms with van der Waals surface area (Å²) in [6, 6.07) is 12.2. The van der Waals surface area contributed by atoms with E-state index in [1.54, 1.807) is 12.1 Å². The predicted molar refractivity (Wildman–Crippen MR) is 154 cm³/mol. The van der Waals surface area contributed by atoms with Gasteiger partial charge in [0.1, 0.15) is 34.3 Å². The van der Waals surface area contributed by atoms with Crippen LogP contribution in [-0.2, 0) is 14.4 Å². The van der Waals surface area contributed by atoms with E-state index < -0.39 is 5.97 Å². The Hall–Kier alpha value is -3.17. The Morgan fingerprint density at radius 3 is 2.20 bits per heavy atom. The molecule has 1 N–H and O–H groups in total. The first-order valence-corrected chi connectivity index (χ1v) is 14.5. The van der Waals surface area contributed by atoms with E-state index in [0.717, 1.165) is 17.5 Å². The van der Waals surface area contributed by atoms with Crippen molar-refractivity contribution >= 4 is 17.0 Å². The Labute approximate surface area is 237 Å². The molecule has 0 aliphatic carbocycles. The summed E-state index contributed by atoms with van der Waals surface area (Å²) in [5, 5.41) is 21.4. The van der Waals surface area contributed by atoms with Gasteiger partial charge in [0.05, 0.1) is 6.61 Å². The van der Waals surface area contributed by atoms with Crippen molar-refractivity contribution in [3.8, 4) is 17.2 Å². The van der Waals surface area contributed by atoms with Gasteiger partial charge in [0.2, 0.25) is 0 Å². The number of aromatic nitrogens is 3. The van der Waals surface area contributed by atoms with Crippen molar-refractivity contribution in [1.82, 2.24) is 20.1 Å². The molecule has 218 valence electrons. The van der Waals surface area contributed by atoms with Gasteiger partial charge in [-0.3, -0.25) is 4.84 Å². The van der Waals surface area contributed by atoms with E-state index in [1.165, 1.54) is 43.0 Å². The third kappa shape index (κ3) is 7.52. The fourth-order valence-electron chi connectivity index (χ4n) is 5.73. The number of hydroxylamine groups is 2. The van der Waals surface area contributed by atoms with Crippen LogP contribution in [0.1, 0.15) is 86.0 Å². The smallest absolute Gasteiger partial charge is 0.344 e. The number of ether oxygens (including phenoxy) is 2. The van der Waals surface area contributed by atoms with Crippen LogP contribution >= 0.6 is 0 Å². The van der Waals surface area contributed by atoms with Crippen LogP contribution in [0.25, 0.3) is 16.7 Å². The number of carbonyl (C=O) groups excluding carboxylic acids is 1. The zero-order chi connectivity index (χ0) is 28.8. The van der Waals surface area contributed by atoms with Crippen molar-refractivity contribution in [3.05, 3.63) is 42.5 Å². The highest BCUT2D eigenvalue weighted by Gasteiger charge is 2.47. The molecule has 9 heteroatoms. The minimum atomic E-state index is -0.443. The first-order chi connectivity index (χ1) is 19.1. The first-order valence-electron chi connectivity index (χ1n) is 14.5. The molecule has 0 atom stereocenters. The van der Waals surface area contributed by atoms with Gasteiger partial charge in [-0.1, -0.05) is 51.2 Å². The molecule has 1 aliphatic rings. The van der Waals surface area contributed by atoms with Gasteiger partial charge in [-0.25, -0.2) is 4.79 Å². The van der Waals surface area contributed by atoms with Crippen molar-refractivity contribution in [3.63, 3.8) is 0 Å². The Morgan fingerprint density at radius 2 is 1.57 bits per heavy atom. The maximum Gasteiger partial charge on any atom is 0.344 e. The molecule has 0 saturated carbocycles. The quantitative estimate of drug-likeness (QED) is 0.193. The number of benzene rings is 2. The second kappa shape index (κ2) is 13.0. The summed E-state index contributed by atoms with van der Waals surface area (Å²) in [5.41, 5.74) is 1.30. The van der Waals surface area contributed by atoms with Gasteiger partial charge in [0.15, 0.2) is 6.61 Å². The van der Waals surface area contributed by atoms with E-state index in [9.17, 15) is 9.90 Å². The molecule has 3 aromatic rings. The molecule has 1 fully saturated rings. The van der Waals surface area contributed by atoms with Crippen molar-refractivity contribution in [1.29, 1.82) is 0 Å². The van der Waals surface area contributed by atoms with Crippen LogP contribution in [0.5, 0.6) is 11.5 Å². The molecular formula is C31H44N4O5. The summed E-state index contributed by atoms with van der Waals surface area (Å²) in [6.45, 7) is 11.2. The van der Waals surface area contributed by atoms with Crippen molar-refractivity contribution < 1.29 is 24.2 Å². The third-order valence-corrected chi connectivity index (χ3v) is 7.38. The van der Waals surface area contributed by atoms with E-state index >= 15 is 0 Å². The fraction of sp³-hybridized carbons (Fsp3) is 0.581. The number of fused-ring (bicyclic) bond motifs is 1. The molecular weight excluding hydrogens is 508 g/mol. The monoisotopic (exact) mass is 552 g/mol. The lowest BCUT2D eigenvalue weighted by atomic mass is 9.80. The number of hydrogen-bond acceptors (Lipinski definition) is 8. The highest BCUT2D eigenvalue weighted by atomic mass is 16.7. The van der Waals surface area contributed by atoms with Crippen molar-refractivity contribution in [2.45, 2.75) is 103 Å². The highest BCUT2D eigenvalue weighted by Crippen LogP contribution is 2.40.